The van der Waals surface area contributed by atoms with E-state index in [2.05, 4.69) is 107 Å². The Balaban J connectivity index is 1.99. The quantitative estimate of drug-likeness (QED) is 0.334. The predicted molar refractivity (Wildman–Crippen MR) is 124 cm³/mol. The van der Waals surface area contributed by atoms with Crippen LogP contribution in [0.4, 0.5) is 0 Å². The Morgan fingerprint density at radius 1 is 0.500 bits per heavy atom. The van der Waals surface area contributed by atoms with Gasteiger partial charge in [-0.05, 0) is 73.2 Å². The van der Waals surface area contributed by atoms with Crippen molar-refractivity contribution in [3.8, 4) is 32.8 Å². The molecule has 1 heterocycles. The van der Waals surface area contributed by atoms with Crippen LogP contribution in [0, 0.1) is 27.7 Å². The lowest BCUT2D eigenvalue weighted by Crippen LogP contribution is -1.88. The van der Waals surface area contributed by atoms with Gasteiger partial charge >= 0.3 is 0 Å². The van der Waals surface area contributed by atoms with Crippen molar-refractivity contribution in [2.75, 3.05) is 0 Å². The highest BCUT2D eigenvalue weighted by Crippen LogP contribution is 2.43. The Hall–Kier alpha value is -2.69. The topological polar surface area (TPSA) is 0 Å². The molecule has 0 aliphatic rings. The molecule has 0 radical (unpaired) electrons. The first kappa shape index (κ1) is 18.7. The molecule has 138 valence electrons. The lowest BCUT2D eigenvalue weighted by molar-refractivity contribution is 1.40. The Morgan fingerprint density at radius 2 is 1.00 bits per heavy atom. The molecule has 0 saturated carbocycles. The van der Waals surface area contributed by atoms with Crippen LogP contribution in [0.25, 0.3) is 32.8 Å². The van der Waals surface area contributed by atoms with Crippen LogP contribution in [0.15, 0.2) is 78.9 Å². The van der Waals surface area contributed by atoms with E-state index in [9.17, 15) is 0 Å². The zero-order valence-electron chi connectivity index (χ0n) is 17.0. The maximum atomic E-state index is 2.37. The molecule has 4 rings (SSSR count). The number of benzene rings is 3. The van der Waals surface area contributed by atoms with E-state index in [1.54, 1.807) is 0 Å². The van der Waals surface area contributed by atoms with Crippen molar-refractivity contribution in [3.05, 3.63) is 101 Å². The molecule has 0 amide bonds. The van der Waals surface area contributed by atoms with Gasteiger partial charge in [0.25, 0.3) is 0 Å². The first-order valence-corrected chi connectivity index (χ1v) is 10.6. The van der Waals surface area contributed by atoms with Gasteiger partial charge in [-0.1, -0.05) is 86.0 Å². The molecule has 0 spiro atoms. The van der Waals surface area contributed by atoms with Crippen LogP contribution in [-0.2, 0) is 0 Å². The second-order valence-electron chi connectivity index (χ2n) is 7.63. The van der Waals surface area contributed by atoms with Crippen LogP contribution >= 0.6 is 8.19 Å². The molecule has 0 saturated heterocycles. The molecule has 0 nitrogen and oxygen atoms in total. The molecule has 1 heteroatoms. The van der Waals surface area contributed by atoms with E-state index < -0.39 is 0 Å². The molecule has 0 atom stereocenters. The van der Waals surface area contributed by atoms with E-state index in [0.29, 0.717) is 0 Å². The largest absolute Gasteiger partial charge is 0.0622 e. The summed E-state index contributed by atoms with van der Waals surface area (Å²) in [7, 11) is 1.27. The van der Waals surface area contributed by atoms with Gasteiger partial charge in [0.2, 0.25) is 0 Å². The molecule has 0 fully saturated rings. The molecule has 3 aromatic carbocycles. The minimum Gasteiger partial charge on any atom is -0.0622 e. The number of rotatable bonds is 3. The summed E-state index contributed by atoms with van der Waals surface area (Å²) < 4.78 is 0. The summed E-state index contributed by atoms with van der Waals surface area (Å²) in [5.41, 5.74) is 10.5. The summed E-state index contributed by atoms with van der Waals surface area (Å²) in [6.45, 7) is 8.77. The summed E-state index contributed by atoms with van der Waals surface area (Å²) in [5, 5.41) is 2.75. The SMILES string of the molecule is Cc1ccc(C)c(-c2cc(-c3ccccc3)cc(-c3cc(C)ccc3C)p2)c1. The zero-order valence-corrected chi connectivity index (χ0v) is 17.8. The number of hydrogen-bond donors (Lipinski definition) is 0. The maximum Gasteiger partial charge on any atom is 0.0105 e. The molecule has 4 aromatic rings. The van der Waals surface area contributed by atoms with Gasteiger partial charge in [0.1, 0.15) is 0 Å². The molecule has 0 N–H and O–H groups in total. The van der Waals surface area contributed by atoms with Gasteiger partial charge in [-0.25, -0.2) is 0 Å². The van der Waals surface area contributed by atoms with Gasteiger partial charge in [0.15, 0.2) is 0 Å². The molecule has 0 aliphatic carbocycles. The van der Waals surface area contributed by atoms with Crippen LogP contribution in [0.5, 0.6) is 0 Å². The molecule has 0 unspecified atom stereocenters. The maximum absolute atomic E-state index is 2.37. The minimum atomic E-state index is 1.27. The van der Waals surface area contributed by atoms with E-state index in [1.807, 2.05) is 0 Å². The standard InChI is InChI=1S/C27H25P/c1-18-10-12-20(3)24(14-18)26-16-23(22-8-6-5-7-9-22)17-27(28-26)25-15-19(2)11-13-21(25)4/h5-17H,1-4H3. The van der Waals surface area contributed by atoms with Crippen molar-refractivity contribution in [1.29, 1.82) is 0 Å². The highest BCUT2D eigenvalue weighted by atomic mass is 31.0. The van der Waals surface area contributed by atoms with Crippen LogP contribution < -0.4 is 0 Å². The zero-order chi connectivity index (χ0) is 19.7. The van der Waals surface area contributed by atoms with Crippen molar-refractivity contribution in [3.63, 3.8) is 0 Å². The van der Waals surface area contributed by atoms with Crippen molar-refractivity contribution >= 4 is 8.19 Å². The summed E-state index contributed by atoms with van der Waals surface area (Å²) in [4.78, 5) is 0. The van der Waals surface area contributed by atoms with Crippen molar-refractivity contribution in [2.45, 2.75) is 27.7 Å². The van der Waals surface area contributed by atoms with Crippen LogP contribution in [0.2, 0.25) is 0 Å². The Kier molecular flexibility index (Phi) is 5.16. The van der Waals surface area contributed by atoms with Gasteiger partial charge < -0.3 is 0 Å². The van der Waals surface area contributed by atoms with Gasteiger partial charge in [-0.3, -0.25) is 0 Å². The van der Waals surface area contributed by atoms with Crippen LogP contribution in [0.1, 0.15) is 22.3 Å². The normalized spacial score (nSPS) is 10.9. The molecular weight excluding hydrogens is 355 g/mol. The second-order valence-corrected chi connectivity index (χ2v) is 8.82. The van der Waals surface area contributed by atoms with E-state index in [-0.39, 0.29) is 0 Å². The van der Waals surface area contributed by atoms with Crippen LogP contribution in [0.3, 0.4) is 0 Å². The highest BCUT2D eigenvalue weighted by Gasteiger charge is 2.11. The Labute approximate surface area is 170 Å². The fourth-order valence-electron chi connectivity index (χ4n) is 3.63. The smallest absolute Gasteiger partial charge is 0.0105 e. The molecule has 1 aromatic heterocycles. The fourth-order valence-corrected chi connectivity index (χ4v) is 5.02. The molecule has 28 heavy (non-hydrogen) atoms. The summed E-state index contributed by atoms with van der Waals surface area (Å²) >= 11 is 0. The van der Waals surface area contributed by atoms with E-state index >= 15 is 0 Å². The average molecular weight is 380 g/mol. The van der Waals surface area contributed by atoms with Crippen molar-refractivity contribution < 1.29 is 0 Å². The minimum absolute atomic E-state index is 1.27. The van der Waals surface area contributed by atoms with E-state index in [1.165, 1.54) is 63.3 Å². The number of aryl methyl sites for hydroxylation is 4. The third-order valence-electron chi connectivity index (χ3n) is 5.27. The Morgan fingerprint density at radius 3 is 1.50 bits per heavy atom. The average Bonchev–Trinajstić information content (AvgIpc) is 2.72. The van der Waals surface area contributed by atoms with Crippen molar-refractivity contribution in [2.24, 2.45) is 0 Å². The first-order valence-electron chi connectivity index (χ1n) is 9.74. The molecule has 0 bridgehead atoms. The predicted octanol–water partition coefficient (Wildman–Crippen LogP) is 8.50. The first-order chi connectivity index (χ1) is 13.5. The summed E-state index contributed by atoms with van der Waals surface area (Å²) in [6.07, 6.45) is 0. The molecule has 0 aliphatic heterocycles. The number of hydrogen-bond acceptors (Lipinski definition) is 0. The molecular formula is C27H25P. The summed E-state index contributed by atoms with van der Waals surface area (Å²) in [6, 6.07) is 29.0. The van der Waals surface area contributed by atoms with E-state index in [0.717, 1.165) is 0 Å². The third kappa shape index (κ3) is 3.79. The van der Waals surface area contributed by atoms with E-state index in [4.69, 9.17) is 0 Å². The second kappa shape index (κ2) is 7.74. The highest BCUT2D eigenvalue weighted by molar-refractivity contribution is 7.37. The fraction of sp³-hybridized carbons (Fsp3) is 0.148. The Bertz CT molecular complexity index is 1070. The lowest BCUT2D eigenvalue weighted by Gasteiger charge is -2.14. The summed E-state index contributed by atoms with van der Waals surface area (Å²) in [5.74, 6) is 0. The lowest BCUT2D eigenvalue weighted by atomic mass is 9.99. The van der Waals surface area contributed by atoms with Gasteiger partial charge in [-0.15, -0.1) is 0 Å². The van der Waals surface area contributed by atoms with Gasteiger partial charge in [-0.2, -0.15) is 0 Å². The van der Waals surface area contributed by atoms with Gasteiger partial charge in [0.05, 0.1) is 0 Å². The van der Waals surface area contributed by atoms with Crippen LogP contribution in [-0.4, -0.2) is 0 Å². The van der Waals surface area contributed by atoms with Crippen molar-refractivity contribution in [1.82, 2.24) is 0 Å². The third-order valence-corrected chi connectivity index (χ3v) is 6.49. The monoisotopic (exact) mass is 380 g/mol. The van der Waals surface area contributed by atoms with Gasteiger partial charge in [0, 0.05) is 10.6 Å².